The van der Waals surface area contributed by atoms with Crippen molar-refractivity contribution in [2.75, 3.05) is 26.2 Å². The molecule has 0 bridgehead atoms. The van der Waals surface area contributed by atoms with Gasteiger partial charge in [-0.05, 0) is 74.3 Å². The zero-order valence-corrected chi connectivity index (χ0v) is 19.7. The molecule has 2 fully saturated rings. The Morgan fingerprint density at radius 2 is 1.44 bits per heavy atom. The van der Waals surface area contributed by atoms with Crippen molar-refractivity contribution in [3.05, 3.63) is 71.3 Å². The fourth-order valence-electron chi connectivity index (χ4n) is 4.72. The molecule has 36 heavy (non-hydrogen) atoms. The topological polar surface area (TPSA) is 103 Å². The predicted octanol–water partition coefficient (Wildman–Crippen LogP) is 3.38. The van der Waals surface area contributed by atoms with Gasteiger partial charge in [0, 0.05) is 37.2 Å². The van der Waals surface area contributed by atoms with Gasteiger partial charge < -0.3 is 5.11 Å². The van der Waals surface area contributed by atoms with Crippen LogP contribution in [0.1, 0.15) is 35.2 Å². The second-order valence-corrected chi connectivity index (χ2v) is 8.85. The first-order chi connectivity index (χ1) is 17.4. The molecule has 3 N–H and O–H groups in total. The Hall–Kier alpha value is -3.07. The molecule has 10 heteroatoms. The Kier molecular flexibility index (Phi) is 10.6. The highest BCUT2D eigenvalue weighted by Crippen LogP contribution is 2.27. The molecule has 2 saturated heterocycles. The van der Waals surface area contributed by atoms with Crippen LogP contribution in [-0.2, 0) is 16.3 Å². The van der Waals surface area contributed by atoms with Gasteiger partial charge in [-0.2, -0.15) is 10.5 Å². The van der Waals surface area contributed by atoms with Crippen molar-refractivity contribution >= 4 is 5.78 Å². The third-order valence-corrected chi connectivity index (χ3v) is 6.58. The number of benzene rings is 2. The van der Waals surface area contributed by atoms with Crippen LogP contribution in [-0.4, -0.2) is 69.5 Å². The van der Waals surface area contributed by atoms with Gasteiger partial charge in [-0.1, -0.05) is 12.1 Å². The smallest absolute Gasteiger partial charge is 0.204 e. The van der Waals surface area contributed by atoms with Gasteiger partial charge >= 0.3 is 0 Å². The number of hydrogen-bond donors (Lipinski definition) is 3. The Bertz CT molecular complexity index is 1010. The maximum absolute atomic E-state index is 13.1. The predicted molar refractivity (Wildman–Crippen MR) is 126 cm³/mol. The van der Waals surface area contributed by atoms with E-state index in [9.17, 15) is 18.7 Å². The van der Waals surface area contributed by atoms with Crippen molar-refractivity contribution in [3.63, 3.8) is 0 Å². The summed E-state index contributed by atoms with van der Waals surface area (Å²) in [7, 11) is 0. The van der Waals surface area contributed by atoms with Gasteiger partial charge in [0.15, 0.2) is 5.78 Å². The first-order valence-electron chi connectivity index (χ1n) is 11.7. The second-order valence-electron chi connectivity index (χ2n) is 8.85. The minimum Gasteiger partial charge on any atom is -0.391 e. The molecule has 2 unspecified atom stereocenters. The van der Waals surface area contributed by atoms with Crippen molar-refractivity contribution in [1.82, 2.24) is 9.80 Å². The fraction of sp³-hybridized carbons (Fsp3) is 0.423. The quantitative estimate of drug-likeness (QED) is 0.247. The van der Waals surface area contributed by atoms with E-state index in [4.69, 9.17) is 10.5 Å². The lowest BCUT2D eigenvalue weighted by Crippen LogP contribution is -2.56. The molecule has 0 aliphatic carbocycles. The van der Waals surface area contributed by atoms with E-state index in [0.717, 1.165) is 51.1 Å². The molecule has 8 nitrogen and oxygen atoms in total. The third-order valence-electron chi connectivity index (χ3n) is 6.58. The fourth-order valence-corrected chi connectivity index (χ4v) is 4.72. The monoisotopic (exact) mass is 504 g/mol. The first-order valence-corrected chi connectivity index (χ1v) is 11.7. The van der Waals surface area contributed by atoms with Crippen molar-refractivity contribution in [2.45, 2.75) is 38.0 Å². The molecule has 0 spiro atoms. The van der Waals surface area contributed by atoms with Crippen LogP contribution in [0.5, 0.6) is 0 Å². The number of aliphatic hydroxyl groups excluding tert-OH is 1. The van der Waals surface area contributed by atoms with Crippen LogP contribution in [0, 0.1) is 29.8 Å². The maximum atomic E-state index is 13.1. The molecule has 0 saturated carbocycles. The summed E-state index contributed by atoms with van der Waals surface area (Å²) < 4.78 is 26.3. The molecule has 4 rings (SSSR count). The number of piperidine rings is 2. The van der Waals surface area contributed by atoms with E-state index in [0.29, 0.717) is 12.0 Å². The van der Waals surface area contributed by atoms with Gasteiger partial charge in [-0.3, -0.25) is 24.4 Å². The van der Waals surface area contributed by atoms with Gasteiger partial charge in [-0.25, -0.2) is 8.78 Å². The summed E-state index contributed by atoms with van der Waals surface area (Å²) in [5, 5.41) is 25.3. The Labute approximate surface area is 208 Å². The molecule has 2 aliphatic heterocycles. The molecule has 0 aromatic heterocycles. The zero-order valence-electron chi connectivity index (χ0n) is 19.7. The summed E-state index contributed by atoms with van der Waals surface area (Å²) in [6.45, 7) is 3.85. The Balaban J connectivity index is 0.000000538. The Morgan fingerprint density at radius 1 is 0.889 bits per heavy atom. The summed E-state index contributed by atoms with van der Waals surface area (Å²) in [5.74, 6) is -0.541. The molecular weight excluding hydrogens is 474 g/mol. The van der Waals surface area contributed by atoms with E-state index in [2.05, 4.69) is 19.6 Å². The molecule has 0 amide bonds. The largest absolute Gasteiger partial charge is 0.391 e. The van der Waals surface area contributed by atoms with Gasteiger partial charge in [0.25, 0.3) is 0 Å². The van der Waals surface area contributed by atoms with E-state index in [1.165, 1.54) is 36.5 Å². The highest BCUT2D eigenvalue weighted by molar-refractivity contribution is 5.97. The number of rotatable bonds is 5. The molecule has 2 aliphatic rings. The summed E-state index contributed by atoms with van der Waals surface area (Å²) in [6.07, 6.45) is 4.89. The third kappa shape index (κ3) is 7.98. The molecule has 2 aromatic carbocycles. The number of aliphatic hydroxyl groups is 1. The summed E-state index contributed by atoms with van der Waals surface area (Å²) >= 11 is 0. The lowest BCUT2D eigenvalue weighted by molar-refractivity contribution is -0.188. The highest BCUT2D eigenvalue weighted by atomic mass is 19.1. The lowest BCUT2D eigenvalue weighted by atomic mass is 9.87. The molecule has 0 radical (unpaired) electrons. The van der Waals surface area contributed by atoms with Crippen molar-refractivity contribution in [1.29, 1.82) is 0 Å². The average Bonchev–Trinajstić information content (AvgIpc) is 2.90. The van der Waals surface area contributed by atoms with Crippen LogP contribution in [0.4, 0.5) is 8.78 Å². The van der Waals surface area contributed by atoms with Gasteiger partial charge in [0.05, 0.1) is 6.10 Å². The molecular formula is C26H30F2N2O6. The average molecular weight is 505 g/mol. The highest BCUT2D eigenvalue weighted by Gasteiger charge is 2.35. The van der Waals surface area contributed by atoms with Crippen molar-refractivity contribution in [3.8, 4) is 12.2 Å². The van der Waals surface area contributed by atoms with E-state index < -0.39 is 0 Å². The second kappa shape index (κ2) is 13.9. The minimum absolute atomic E-state index is 0.0427. The van der Waals surface area contributed by atoms with E-state index in [-0.39, 0.29) is 35.5 Å². The molecule has 2 aromatic rings. The van der Waals surface area contributed by atoms with E-state index >= 15 is 0 Å². The Morgan fingerprint density at radius 3 is 2.00 bits per heavy atom. The summed E-state index contributed by atoms with van der Waals surface area (Å²) in [5.41, 5.74) is 1.63. The summed E-state index contributed by atoms with van der Waals surface area (Å²) in [4.78, 5) is 23.6. The van der Waals surface area contributed by atoms with Crippen LogP contribution in [0.2, 0.25) is 0 Å². The minimum atomic E-state index is -0.376. The van der Waals surface area contributed by atoms with E-state index in [1.54, 1.807) is 12.1 Å². The number of carbonyl (C=O) groups excluding carboxylic acids is 1. The van der Waals surface area contributed by atoms with Gasteiger partial charge in [0.2, 0.25) is 12.2 Å². The standard InChI is InChI=1S/C24H28F2N2O2.C2H2O4/c25-20-5-1-17(2-6-20)15-27-12-11-23(29)22(16-27)28-13-9-19(10-14-28)24(30)18-3-7-21(26)8-4-18;3-5-1-2-6-4/h1-8,19,22-23,29H,9-16H2;3-4H. The summed E-state index contributed by atoms with van der Waals surface area (Å²) in [6, 6.07) is 12.4. The van der Waals surface area contributed by atoms with E-state index in [1.807, 2.05) is 12.1 Å². The molecule has 2 heterocycles. The van der Waals surface area contributed by atoms with Crippen molar-refractivity contribution in [2.24, 2.45) is 5.92 Å². The normalized spacial score (nSPS) is 20.9. The number of nitrogens with zero attached hydrogens (tertiary/aromatic N) is 2. The SMILES string of the molecule is O=C(c1ccc(F)cc1)C1CCN(C2CN(Cc3ccc(F)cc3)CCC2O)CC1.OOC#COO. The molecule has 2 atom stereocenters. The number of carbonyl (C=O) groups is 1. The molecule has 194 valence electrons. The van der Waals surface area contributed by atoms with Crippen molar-refractivity contribution < 1.29 is 39.0 Å². The number of Topliss-reactive ketones (excluding diaryl/α,β-unsaturated/α-hetero) is 1. The van der Waals surface area contributed by atoms with Crippen LogP contribution in [0.3, 0.4) is 0 Å². The number of halogens is 2. The lowest BCUT2D eigenvalue weighted by Gasteiger charge is -2.44. The van der Waals surface area contributed by atoms with Crippen LogP contribution in [0.15, 0.2) is 48.5 Å². The van der Waals surface area contributed by atoms with Crippen LogP contribution >= 0.6 is 0 Å². The zero-order chi connectivity index (χ0) is 25.9. The van der Waals surface area contributed by atoms with Crippen LogP contribution < -0.4 is 0 Å². The number of likely N-dealkylation sites (tertiary alicyclic amines) is 2. The number of ketones is 1. The maximum Gasteiger partial charge on any atom is 0.204 e. The number of hydrogen-bond acceptors (Lipinski definition) is 8. The first kappa shape index (κ1) is 27.5. The van der Waals surface area contributed by atoms with Gasteiger partial charge in [-0.15, -0.1) is 0 Å². The van der Waals surface area contributed by atoms with Crippen LogP contribution in [0.25, 0.3) is 0 Å². The van der Waals surface area contributed by atoms with Gasteiger partial charge in [0.1, 0.15) is 11.6 Å².